The van der Waals surface area contributed by atoms with Crippen LogP contribution in [-0.4, -0.2) is 15.6 Å². The molecule has 1 heterocycles. The second kappa shape index (κ2) is 5.67. The lowest BCUT2D eigenvalue weighted by Crippen LogP contribution is -2.05. The van der Waals surface area contributed by atoms with Crippen LogP contribution in [0.1, 0.15) is 22.5 Å². The minimum atomic E-state index is 0.0746. The van der Waals surface area contributed by atoms with Crippen molar-refractivity contribution >= 4 is 33.3 Å². The minimum Gasteiger partial charge on any atom is -0.294 e. The lowest BCUT2D eigenvalue weighted by molar-refractivity contribution is 0.0981. The quantitative estimate of drug-likeness (QED) is 0.803. The number of benzene rings is 1. The van der Waals surface area contributed by atoms with Crippen LogP contribution in [0.4, 0.5) is 0 Å². The van der Waals surface area contributed by atoms with E-state index in [1.54, 1.807) is 29.1 Å². The molecule has 2 rings (SSSR count). The van der Waals surface area contributed by atoms with Crippen LogP contribution in [0.5, 0.6) is 0 Å². The molecule has 18 heavy (non-hydrogen) atoms. The number of aromatic nitrogens is 2. The van der Waals surface area contributed by atoms with Gasteiger partial charge in [0, 0.05) is 40.4 Å². The topological polar surface area (TPSA) is 34.9 Å². The van der Waals surface area contributed by atoms with E-state index in [1.165, 1.54) is 0 Å². The van der Waals surface area contributed by atoms with Gasteiger partial charge in [-0.25, -0.2) is 0 Å². The van der Waals surface area contributed by atoms with Crippen molar-refractivity contribution in [2.45, 2.75) is 12.8 Å². The van der Waals surface area contributed by atoms with Crippen molar-refractivity contribution in [1.82, 2.24) is 9.78 Å². The highest BCUT2D eigenvalue weighted by Crippen LogP contribution is 2.22. The third-order valence-electron chi connectivity index (χ3n) is 2.76. The molecule has 0 aliphatic carbocycles. The van der Waals surface area contributed by atoms with Gasteiger partial charge in [-0.05, 0) is 30.7 Å². The second-order valence-corrected chi connectivity index (χ2v) is 5.28. The number of nitrogens with zero attached hydrogens (tertiary/aromatic N) is 2. The van der Waals surface area contributed by atoms with Crippen molar-refractivity contribution in [2.75, 3.05) is 0 Å². The average Bonchev–Trinajstić information content (AvgIpc) is 2.75. The predicted octanol–water partition coefficient (Wildman–Crippen LogP) is 3.65. The number of halogens is 2. The van der Waals surface area contributed by atoms with Crippen LogP contribution in [0.15, 0.2) is 34.9 Å². The van der Waals surface area contributed by atoms with Crippen LogP contribution in [-0.2, 0) is 13.5 Å². The smallest absolute Gasteiger partial charge is 0.164 e. The summed E-state index contributed by atoms with van der Waals surface area (Å²) in [4.78, 5) is 12.1. The number of hydrogen-bond donors (Lipinski definition) is 0. The number of ketones is 1. The summed E-state index contributed by atoms with van der Waals surface area (Å²) in [6, 6.07) is 7.15. The highest BCUT2D eigenvalue weighted by atomic mass is 79.9. The van der Waals surface area contributed by atoms with Crippen LogP contribution < -0.4 is 0 Å². The SMILES string of the molecule is Cn1nccc1CCC(=O)c1cc(Cl)ccc1Br. The summed E-state index contributed by atoms with van der Waals surface area (Å²) in [5.74, 6) is 0.0746. The van der Waals surface area contributed by atoms with Gasteiger partial charge in [0.05, 0.1) is 0 Å². The summed E-state index contributed by atoms with van der Waals surface area (Å²) in [5.41, 5.74) is 1.67. The van der Waals surface area contributed by atoms with E-state index < -0.39 is 0 Å². The summed E-state index contributed by atoms with van der Waals surface area (Å²) in [6.45, 7) is 0. The summed E-state index contributed by atoms with van der Waals surface area (Å²) >= 11 is 9.27. The maximum absolute atomic E-state index is 12.1. The normalized spacial score (nSPS) is 10.6. The Morgan fingerprint density at radius 3 is 2.89 bits per heavy atom. The van der Waals surface area contributed by atoms with Crippen molar-refractivity contribution in [2.24, 2.45) is 7.05 Å². The zero-order valence-corrected chi connectivity index (χ0v) is 12.2. The number of aryl methyl sites for hydroxylation is 2. The van der Waals surface area contributed by atoms with E-state index in [0.29, 0.717) is 23.4 Å². The fourth-order valence-electron chi connectivity index (χ4n) is 1.73. The molecule has 0 saturated carbocycles. The first kappa shape index (κ1) is 13.3. The second-order valence-electron chi connectivity index (χ2n) is 3.99. The molecule has 0 bridgehead atoms. The zero-order valence-electron chi connectivity index (χ0n) is 9.86. The molecule has 3 nitrogen and oxygen atoms in total. The van der Waals surface area contributed by atoms with E-state index in [-0.39, 0.29) is 5.78 Å². The van der Waals surface area contributed by atoms with Crippen molar-refractivity contribution < 1.29 is 4.79 Å². The Morgan fingerprint density at radius 2 is 2.22 bits per heavy atom. The highest BCUT2D eigenvalue weighted by Gasteiger charge is 2.11. The number of hydrogen-bond acceptors (Lipinski definition) is 2. The molecule has 94 valence electrons. The largest absolute Gasteiger partial charge is 0.294 e. The van der Waals surface area contributed by atoms with Gasteiger partial charge in [0.25, 0.3) is 0 Å². The predicted molar refractivity (Wildman–Crippen MR) is 75.0 cm³/mol. The van der Waals surface area contributed by atoms with Gasteiger partial charge in [-0.2, -0.15) is 5.10 Å². The molecule has 0 saturated heterocycles. The first-order valence-electron chi connectivity index (χ1n) is 5.53. The van der Waals surface area contributed by atoms with Gasteiger partial charge in [0.15, 0.2) is 5.78 Å². The molecule has 0 radical (unpaired) electrons. The van der Waals surface area contributed by atoms with Crippen LogP contribution in [0.25, 0.3) is 0 Å². The van der Waals surface area contributed by atoms with Crippen molar-refractivity contribution in [3.63, 3.8) is 0 Å². The Labute approximate surface area is 119 Å². The molecule has 0 aliphatic rings. The molecule has 1 aromatic heterocycles. The lowest BCUT2D eigenvalue weighted by atomic mass is 10.1. The molecule has 0 N–H and O–H groups in total. The number of Topliss-reactive ketones (excluding diaryl/α,β-unsaturated/α-hetero) is 1. The summed E-state index contributed by atoms with van der Waals surface area (Å²) in [6.07, 6.45) is 2.85. The van der Waals surface area contributed by atoms with Crippen molar-refractivity contribution in [1.29, 1.82) is 0 Å². The fraction of sp³-hybridized carbons (Fsp3) is 0.231. The van der Waals surface area contributed by atoms with Gasteiger partial charge in [-0.15, -0.1) is 0 Å². The van der Waals surface area contributed by atoms with E-state index in [1.807, 2.05) is 13.1 Å². The third-order valence-corrected chi connectivity index (χ3v) is 3.69. The molecule has 0 aliphatic heterocycles. The molecule has 0 fully saturated rings. The molecule has 0 atom stereocenters. The number of carbonyl (C=O) groups excluding carboxylic acids is 1. The summed E-state index contributed by atoms with van der Waals surface area (Å²) in [7, 11) is 1.87. The molecular formula is C13H12BrClN2O. The maximum Gasteiger partial charge on any atom is 0.164 e. The minimum absolute atomic E-state index is 0.0746. The Hall–Kier alpha value is -1.13. The van der Waals surface area contributed by atoms with Crippen LogP contribution in [0.2, 0.25) is 5.02 Å². The monoisotopic (exact) mass is 326 g/mol. The molecule has 0 spiro atoms. The summed E-state index contributed by atoms with van der Waals surface area (Å²) in [5, 5.41) is 4.65. The van der Waals surface area contributed by atoms with Gasteiger partial charge in [-0.3, -0.25) is 9.48 Å². The molecule has 0 unspecified atom stereocenters. The standard InChI is InChI=1S/C13H12BrClN2O/c1-17-10(6-7-16-17)3-5-13(18)11-8-9(15)2-4-12(11)14/h2,4,6-8H,3,5H2,1H3. The molecule has 0 amide bonds. The lowest BCUT2D eigenvalue weighted by Gasteiger charge is -2.05. The highest BCUT2D eigenvalue weighted by molar-refractivity contribution is 9.10. The molecule has 1 aromatic carbocycles. The van der Waals surface area contributed by atoms with E-state index in [9.17, 15) is 4.79 Å². The Morgan fingerprint density at radius 1 is 1.44 bits per heavy atom. The fourth-order valence-corrected chi connectivity index (χ4v) is 2.37. The van der Waals surface area contributed by atoms with Crippen LogP contribution in [0, 0.1) is 0 Å². The number of carbonyl (C=O) groups is 1. The third kappa shape index (κ3) is 3.00. The first-order valence-corrected chi connectivity index (χ1v) is 6.70. The Bertz CT molecular complexity index is 580. The molecule has 5 heteroatoms. The van der Waals surface area contributed by atoms with E-state index in [2.05, 4.69) is 21.0 Å². The van der Waals surface area contributed by atoms with Gasteiger partial charge in [-0.1, -0.05) is 27.5 Å². The van der Waals surface area contributed by atoms with E-state index in [4.69, 9.17) is 11.6 Å². The van der Waals surface area contributed by atoms with Crippen LogP contribution in [0.3, 0.4) is 0 Å². The van der Waals surface area contributed by atoms with Gasteiger partial charge in [0.2, 0.25) is 0 Å². The maximum atomic E-state index is 12.1. The summed E-state index contributed by atoms with van der Waals surface area (Å²) < 4.78 is 2.56. The van der Waals surface area contributed by atoms with E-state index >= 15 is 0 Å². The first-order chi connectivity index (χ1) is 8.58. The number of rotatable bonds is 4. The molecule has 2 aromatic rings. The zero-order chi connectivity index (χ0) is 13.1. The van der Waals surface area contributed by atoms with Crippen LogP contribution >= 0.6 is 27.5 Å². The van der Waals surface area contributed by atoms with E-state index in [0.717, 1.165) is 10.2 Å². The van der Waals surface area contributed by atoms with Crippen molar-refractivity contribution in [3.8, 4) is 0 Å². The average molecular weight is 328 g/mol. The van der Waals surface area contributed by atoms with Gasteiger partial charge in [0.1, 0.15) is 0 Å². The Kier molecular flexibility index (Phi) is 4.19. The van der Waals surface area contributed by atoms with Gasteiger partial charge < -0.3 is 0 Å². The Balaban J connectivity index is 2.08. The van der Waals surface area contributed by atoms with Crippen molar-refractivity contribution in [3.05, 3.63) is 51.2 Å². The molecular weight excluding hydrogens is 316 g/mol. The van der Waals surface area contributed by atoms with Gasteiger partial charge >= 0.3 is 0 Å².